The van der Waals surface area contributed by atoms with Crippen molar-refractivity contribution < 1.29 is 14.3 Å². The summed E-state index contributed by atoms with van der Waals surface area (Å²) in [7, 11) is 1.59. The Bertz CT molecular complexity index is 711. The summed E-state index contributed by atoms with van der Waals surface area (Å²) in [4.78, 5) is 11.8. The molecule has 2 rings (SSSR count). The van der Waals surface area contributed by atoms with E-state index < -0.39 is 0 Å². The maximum absolute atomic E-state index is 11.8. The summed E-state index contributed by atoms with van der Waals surface area (Å²) < 4.78 is 10.7. The van der Waals surface area contributed by atoms with Gasteiger partial charge in [0.2, 0.25) is 0 Å². The largest absolute Gasteiger partial charge is 0.496 e. The molecule has 0 unspecified atom stereocenters. The fourth-order valence-electron chi connectivity index (χ4n) is 2.46. The van der Waals surface area contributed by atoms with E-state index in [1.165, 1.54) is 24.8 Å². The molecule has 5 heteroatoms. The van der Waals surface area contributed by atoms with E-state index in [0.717, 1.165) is 12.0 Å². The second-order valence-corrected chi connectivity index (χ2v) is 5.92. The predicted molar refractivity (Wildman–Crippen MR) is 104 cm³/mol. The van der Waals surface area contributed by atoms with Gasteiger partial charge in [-0.2, -0.15) is 5.10 Å². The van der Waals surface area contributed by atoms with E-state index in [0.29, 0.717) is 11.5 Å². The number of aryl methyl sites for hydroxylation is 1. The Hall–Kier alpha value is -2.82. The van der Waals surface area contributed by atoms with Crippen molar-refractivity contribution in [1.29, 1.82) is 0 Å². The topological polar surface area (TPSA) is 59.9 Å². The van der Waals surface area contributed by atoms with Crippen LogP contribution in [0, 0.1) is 0 Å². The molecule has 0 saturated heterocycles. The summed E-state index contributed by atoms with van der Waals surface area (Å²) in [6.07, 6.45) is 6.28. The second kappa shape index (κ2) is 10.9. The van der Waals surface area contributed by atoms with E-state index in [1.807, 2.05) is 48.5 Å². The lowest BCUT2D eigenvalue weighted by Crippen LogP contribution is -2.24. The minimum absolute atomic E-state index is 0.0849. The molecule has 0 aromatic heterocycles. The van der Waals surface area contributed by atoms with E-state index in [2.05, 4.69) is 17.5 Å². The zero-order chi connectivity index (χ0) is 18.6. The van der Waals surface area contributed by atoms with Crippen molar-refractivity contribution in [3.8, 4) is 11.5 Å². The van der Waals surface area contributed by atoms with Gasteiger partial charge in [0, 0.05) is 5.56 Å². The van der Waals surface area contributed by atoms with Gasteiger partial charge in [0.25, 0.3) is 5.91 Å². The summed E-state index contributed by atoms with van der Waals surface area (Å²) in [5, 5.41) is 3.93. The van der Waals surface area contributed by atoms with Gasteiger partial charge < -0.3 is 9.47 Å². The number of carbonyl (C=O) groups excluding carboxylic acids is 1. The molecule has 0 aliphatic heterocycles. The van der Waals surface area contributed by atoms with Gasteiger partial charge in [-0.05, 0) is 42.7 Å². The molecule has 5 nitrogen and oxygen atoms in total. The first kappa shape index (κ1) is 19.5. The summed E-state index contributed by atoms with van der Waals surface area (Å²) >= 11 is 0. The van der Waals surface area contributed by atoms with Gasteiger partial charge in [-0.3, -0.25) is 4.79 Å². The zero-order valence-electron chi connectivity index (χ0n) is 15.4. The standard InChI is InChI=1S/C21H26N2O3/c1-3-4-5-8-17-11-13-19(14-12-17)26-16-21(24)23-22-15-18-9-6-7-10-20(18)25-2/h6-7,9-15H,3-5,8,16H2,1-2H3,(H,23,24)/b22-15+. The Morgan fingerprint density at radius 2 is 1.88 bits per heavy atom. The van der Waals surface area contributed by atoms with E-state index in [-0.39, 0.29) is 12.5 Å². The van der Waals surface area contributed by atoms with Crippen molar-refractivity contribution >= 4 is 12.1 Å². The number of carbonyl (C=O) groups is 1. The van der Waals surface area contributed by atoms with Crippen molar-refractivity contribution in [1.82, 2.24) is 5.43 Å². The van der Waals surface area contributed by atoms with Crippen LogP contribution in [0.2, 0.25) is 0 Å². The second-order valence-electron chi connectivity index (χ2n) is 5.92. The number of hydrazone groups is 1. The van der Waals surface area contributed by atoms with Crippen molar-refractivity contribution in [3.05, 3.63) is 59.7 Å². The van der Waals surface area contributed by atoms with Crippen molar-refractivity contribution in [2.24, 2.45) is 5.10 Å². The smallest absolute Gasteiger partial charge is 0.277 e. The van der Waals surface area contributed by atoms with E-state index in [4.69, 9.17) is 9.47 Å². The molecule has 0 radical (unpaired) electrons. The molecule has 2 aromatic carbocycles. The monoisotopic (exact) mass is 354 g/mol. The van der Waals surface area contributed by atoms with Crippen LogP contribution in [0.5, 0.6) is 11.5 Å². The molecule has 0 spiro atoms. The van der Waals surface area contributed by atoms with Crippen LogP contribution >= 0.6 is 0 Å². The fraction of sp³-hybridized carbons (Fsp3) is 0.333. The van der Waals surface area contributed by atoms with Crippen LogP contribution in [-0.4, -0.2) is 25.8 Å². The number of rotatable bonds is 10. The summed E-state index contributed by atoms with van der Waals surface area (Å²) in [5.41, 5.74) is 4.52. The molecule has 0 heterocycles. The molecule has 1 amide bonds. The number of ether oxygens (including phenoxy) is 2. The normalized spacial score (nSPS) is 10.7. The molecule has 2 aromatic rings. The van der Waals surface area contributed by atoms with Crippen LogP contribution < -0.4 is 14.9 Å². The summed E-state index contributed by atoms with van der Waals surface area (Å²) in [5.74, 6) is 1.05. The van der Waals surface area contributed by atoms with Crippen LogP contribution in [0.25, 0.3) is 0 Å². The third-order valence-electron chi connectivity index (χ3n) is 3.89. The molecule has 0 fully saturated rings. The highest BCUT2D eigenvalue weighted by Crippen LogP contribution is 2.15. The minimum atomic E-state index is -0.317. The van der Waals surface area contributed by atoms with E-state index >= 15 is 0 Å². The minimum Gasteiger partial charge on any atom is -0.496 e. The fourth-order valence-corrected chi connectivity index (χ4v) is 2.46. The number of hydrogen-bond donors (Lipinski definition) is 1. The molecular weight excluding hydrogens is 328 g/mol. The summed E-state index contributed by atoms with van der Waals surface area (Å²) in [6, 6.07) is 15.3. The third-order valence-corrected chi connectivity index (χ3v) is 3.89. The Morgan fingerprint density at radius 1 is 1.12 bits per heavy atom. The Balaban J connectivity index is 1.75. The highest BCUT2D eigenvalue weighted by molar-refractivity contribution is 5.85. The number of hydrogen-bond acceptors (Lipinski definition) is 4. The Kier molecular flexibility index (Phi) is 8.19. The number of nitrogens with zero attached hydrogens (tertiary/aromatic N) is 1. The average Bonchev–Trinajstić information content (AvgIpc) is 2.68. The number of benzene rings is 2. The van der Waals surface area contributed by atoms with Crippen molar-refractivity contribution in [3.63, 3.8) is 0 Å². The summed E-state index contributed by atoms with van der Waals surface area (Å²) in [6.45, 7) is 2.11. The Labute approximate surface area is 155 Å². The average molecular weight is 354 g/mol. The van der Waals surface area contributed by atoms with Gasteiger partial charge in [-0.25, -0.2) is 5.43 Å². The lowest BCUT2D eigenvalue weighted by Gasteiger charge is -2.07. The first-order valence-electron chi connectivity index (χ1n) is 8.89. The zero-order valence-corrected chi connectivity index (χ0v) is 15.4. The number of unbranched alkanes of at least 4 members (excludes halogenated alkanes) is 2. The Morgan fingerprint density at radius 3 is 2.62 bits per heavy atom. The van der Waals surface area contributed by atoms with Crippen LogP contribution in [0.15, 0.2) is 53.6 Å². The lowest BCUT2D eigenvalue weighted by atomic mass is 10.1. The molecule has 0 atom stereocenters. The third kappa shape index (κ3) is 6.59. The van der Waals surface area contributed by atoms with Gasteiger partial charge in [0.15, 0.2) is 6.61 Å². The van der Waals surface area contributed by atoms with Crippen LogP contribution in [-0.2, 0) is 11.2 Å². The number of amides is 1. The molecule has 1 N–H and O–H groups in total. The number of para-hydroxylation sites is 1. The molecule has 0 aliphatic rings. The van der Waals surface area contributed by atoms with Gasteiger partial charge in [-0.15, -0.1) is 0 Å². The molecule has 0 saturated carbocycles. The van der Waals surface area contributed by atoms with Crippen molar-refractivity contribution in [2.45, 2.75) is 32.6 Å². The quantitative estimate of drug-likeness (QED) is 0.399. The van der Waals surface area contributed by atoms with E-state index in [9.17, 15) is 4.79 Å². The van der Waals surface area contributed by atoms with Gasteiger partial charge in [0.1, 0.15) is 11.5 Å². The highest BCUT2D eigenvalue weighted by atomic mass is 16.5. The van der Waals surface area contributed by atoms with Crippen LogP contribution in [0.1, 0.15) is 37.3 Å². The lowest BCUT2D eigenvalue weighted by molar-refractivity contribution is -0.123. The van der Waals surface area contributed by atoms with Gasteiger partial charge >= 0.3 is 0 Å². The van der Waals surface area contributed by atoms with Gasteiger partial charge in [0.05, 0.1) is 13.3 Å². The molecule has 0 bridgehead atoms. The van der Waals surface area contributed by atoms with Gasteiger partial charge in [-0.1, -0.05) is 44.0 Å². The molecule has 26 heavy (non-hydrogen) atoms. The van der Waals surface area contributed by atoms with E-state index in [1.54, 1.807) is 13.3 Å². The maximum atomic E-state index is 11.8. The van der Waals surface area contributed by atoms with Crippen molar-refractivity contribution in [2.75, 3.05) is 13.7 Å². The maximum Gasteiger partial charge on any atom is 0.277 e. The first-order chi connectivity index (χ1) is 12.7. The molecule has 0 aliphatic carbocycles. The predicted octanol–water partition coefficient (Wildman–Crippen LogP) is 3.96. The number of methoxy groups -OCH3 is 1. The van der Waals surface area contributed by atoms with Crippen LogP contribution in [0.4, 0.5) is 0 Å². The number of nitrogens with one attached hydrogen (secondary N) is 1. The van der Waals surface area contributed by atoms with Crippen LogP contribution in [0.3, 0.4) is 0 Å². The molecule has 138 valence electrons. The molecular formula is C21H26N2O3. The SMILES string of the molecule is CCCCCc1ccc(OCC(=O)N/N=C/c2ccccc2OC)cc1. The highest BCUT2D eigenvalue weighted by Gasteiger charge is 2.03. The first-order valence-corrected chi connectivity index (χ1v) is 8.89.